The van der Waals surface area contributed by atoms with E-state index in [9.17, 15) is 0 Å². The van der Waals surface area contributed by atoms with Crippen LogP contribution in [0.4, 0.5) is 5.82 Å². The molecule has 0 saturated carbocycles. The molecule has 0 radical (unpaired) electrons. The Labute approximate surface area is 180 Å². The molecule has 2 heterocycles. The fourth-order valence-electron chi connectivity index (χ4n) is 3.77. The summed E-state index contributed by atoms with van der Waals surface area (Å²) >= 11 is 0. The second-order valence-corrected chi connectivity index (χ2v) is 7.77. The van der Waals surface area contributed by atoms with Gasteiger partial charge in [0.15, 0.2) is 5.96 Å². The molecule has 6 nitrogen and oxygen atoms in total. The van der Waals surface area contributed by atoms with Gasteiger partial charge in [-0.3, -0.25) is 0 Å². The van der Waals surface area contributed by atoms with Gasteiger partial charge in [-0.2, -0.15) is 0 Å². The molecule has 0 spiro atoms. The van der Waals surface area contributed by atoms with Crippen LogP contribution in [0.15, 0.2) is 41.4 Å². The van der Waals surface area contributed by atoms with E-state index in [2.05, 4.69) is 58.6 Å². The van der Waals surface area contributed by atoms with Gasteiger partial charge in [0.2, 0.25) is 0 Å². The standard InChI is InChI=1S/C24H35N5O/c1-5-25-24(26-17-20-10-11-22(30-6-2)18(3)16-20)28-21-12-14-29(15-13-21)23-9-7-8-19(4)27-23/h7-11,16,21H,5-6,12-15,17H2,1-4H3,(H2,25,26,28). The molecular formula is C24H35N5O. The zero-order valence-electron chi connectivity index (χ0n) is 18.7. The van der Waals surface area contributed by atoms with Crippen LogP contribution in [0.25, 0.3) is 0 Å². The van der Waals surface area contributed by atoms with Gasteiger partial charge in [-0.05, 0) is 69.9 Å². The number of anilines is 1. The number of nitrogens with zero attached hydrogens (tertiary/aromatic N) is 3. The number of hydrogen-bond acceptors (Lipinski definition) is 4. The molecule has 162 valence electrons. The zero-order valence-corrected chi connectivity index (χ0v) is 18.7. The van der Waals surface area contributed by atoms with Crippen molar-refractivity contribution in [1.29, 1.82) is 0 Å². The largest absolute Gasteiger partial charge is 0.494 e. The number of aromatic nitrogens is 1. The van der Waals surface area contributed by atoms with Crippen molar-refractivity contribution in [2.75, 3.05) is 31.1 Å². The number of aliphatic imine (C=N–C) groups is 1. The van der Waals surface area contributed by atoms with Crippen LogP contribution in [-0.4, -0.2) is 43.2 Å². The van der Waals surface area contributed by atoms with Crippen molar-refractivity contribution < 1.29 is 4.74 Å². The third-order valence-corrected chi connectivity index (χ3v) is 5.34. The van der Waals surface area contributed by atoms with E-state index in [0.29, 0.717) is 19.2 Å². The summed E-state index contributed by atoms with van der Waals surface area (Å²) < 4.78 is 5.63. The van der Waals surface area contributed by atoms with Crippen molar-refractivity contribution in [1.82, 2.24) is 15.6 Å². The number of rotatable bonds is 7. The van der Waals surface area contributed by atoms with E-state index >= 15 is 0 Å². The van der Waals surface area contributed by atoms with E-state index in [1.54, 1.807) is 0 Å². The van der Waals surface area contributed by atoms with Crippen LogP contribution < -0.4 is 20.3 Å². The molecular weight excluding hydrogens is 374 g/mol. The molecule has 0 aliphatic carbocycles. The zero-order chi connectivity index (χ0) is 21.3. The molecule has 1 aromatic carbocycles. The highest BCUT2D eigenvalue weighted by atomic mass is 16.5. The maximum absolute atomic E-state index is 5.63. The first-order valence-corrected chi connectivity index (χ1v) is 11.0. The Bertz CT molecular complexity index is 843. The number of nitrogens with one attached hydrogen (secondary N) is 2. The van der Waals surface area contributed by atoms with Crippen molar-refractivity contribution >= 4 is 11.8 Å². The van der Waals surface area contributed by atoms with Crippen molar-refractivity contribution in [2.45, 2.75) is 53.1 Å². The molecule has 3 rings (SSSR count). The number of ether oxygens (including phenoxy) is 1. The van der Waals surface area contributed by atoms with E-state index in [-0.39, 0.29) is 0 Å². The molecule has 1 aliphatic rings. The molecule has 0 bridgehead atoms. The highest BCUT2D eigenvalue weighted by molar-refractivity contribution is 5.80. The molecule has 1 saturated heterocycles. The Morgan fingerprint density at radius 3 is 2.63 bits per heavy atom. The average molecular weight is 410 g/mol. The summed E-state index contributed by atoms with van der Waals surface area (Å²) in [6.07, 6.45) is 2.14. The fraction of sp³-hybridized carbons (Fsp3) is 0.500. The Morgan fingerprint density at radius 1 is 1.17 bits per heavy atom. The minimum absolute atomic E-state index is 0.422. The number of pyridine rings is 1. The van der Waals surface area contributed by atoms with Crippen LogP contribution in [0.5, 0.6) is 5.75 Å². The molecule has 0 atom stereocenters. The summed E-state index contributed by atoms with van der Waals surface area (Å²) in [6, 6.07) is 12.9. The van der Waals surface area contributed by atoms with Crippen LogP contribution in [0.3, 0.4) is 0 Å². The number of hydrogen-bond donors (Lipinski definition) is 2. The van der Waals surface area contributed by atoms with Gasteiger partial charge in [0.25, 0.3) is 0 Å². The van der Waals surface area contributed by atoms with Crippen molar-refractivity contribution in [3.63, 3.8) is 0 Å². The number of piperidine rings is 1. The third kappa shape index (κ3) is 6.12. The van der Waals surface area contributed by atoms with E-state index < -0.39 is 0 Å². The minimum atomic E-state index is 0.422. The minimum Gasteiger partial charge on any atom is -0.494 e. The number of benzene rings is 1. The summed E-state index contributed by atoms with van der Waals surface area (Å²) in [5, 5.41) is 7.01. The van der Waals surface area contributed by atoms with Crippen molar-refractivity contribution in [3.8, 4) is 5.75 Å². The summed E-state index contributed by atoms with van der Waals surface area (Å²) in [5.74, 6) is 2.92. The molecule has 2 aromatic rings. The number of guanidine groups is 1. The quantitative estimate of drug-likeness (QED) is 0.538. The monoisotopic (exact) mass is 409 g/mol. The van der Waals surface area contributed by atoms with Crippen LogP contribution in [0.2, 0.25) is 0 Å². The SMILES string of the molecule is CCNC(=NCc1ccc(OCC)c(C)c1)NC1CCN(c2cccc(C)n2)CC1. The lowest BCUT2D eigenvalue weighted by Gasteiger charge is -2.34. The van der Waals surface area contributed by atoms with Crippen molar-refractivity contribution in [3.05, 3.63) is 53.2 Å². The third-order valence-electron chi connectivity index (χ3n) is 5.34. The second-order valence-electron chi connectivity index (χ2n) is 7.77. The molecule has 0 unspecified atom stereocenters. The van der Waals surface area contributed by atoms with Crippen LogP contribution in [0, 0.1) is 13.8 Å². The van der Waals surface area contributed by atoms with Gasteiger partial charge in [-0.15, -0.1) is 0 Å². The normalized spacial score (nSPS) is 15.2. The van der Waals surface area contributed by atoms with Crippen molar-refractivity contribution in [2.24, 2.45) is 4.99 Å². The molecule has 1 aromatic heterocycles. The topological polar surface area (TPSA) is 61.8 Å². The summed E-state index contributed by atoms with van der Waals surface area (Å²) in [5.41, 5.74) is 3.41. The Hall–Kier alpha value is -2.76. The van der Waals surface area contributed by atoms with Gasteiger partial charge in [-0.1, -0.05) is 18.2 Å². The van der Waals surface area contributed by atoms with E-state index in [4.69, 9.17) is 9.73 Å². The predicted octanol–water partition coefficient (Wildman–Crippen LogP) is 3.82. The second kappa shape index (κ2) is 10.9. The van der Waals surface area contributed by atoms with Gasteiger partial charge in [0, 0.05) is 31.4 Å². The lowest BCUT2D eigenvalue weighted by atomic mass is 10.1. The fourth-order valence-corrected chi connectivity index (χ4v) is 3.77. The first kappa shape index (κ1) is 21.9. The van der Waals surface area contributed by atoms with Crippen LogP contribution in [-0.2, 0) is 6.54 Å². The lowest BCUT2D eigenvalue weighted by Crippen LogP contribution is -2.48. The molecule has 30 heavy (non-hydrogen) atoms. The first-order chi connectivity index (χ1) is 14.6. The van der Waals surface area contributed by atoms with Gasteiger partial charge in [-0.25, -0.2) is 9.98 Å². The van der Waals surface area contributed by atoms with Gasteiger partial charge < -0.3 is 20.3 Å². The molecule has 6 heteroatoms. The summed E-state index contributed by atoms with van der Waals surface area (Å²) in [4.78, 5) is 11.8. The lowest BCUT2D eigenvalue weighted by molar-refractivity contribution is 0.338. The van der Waals surface area contributed by atoms with Crippen LogP contribution >= 0.6 is 0 Å². The maximum Gasteiger partial charge on any atom is 0.191 e. The molecule has 0 amide bonds. The Balaban J connectivity index is 1.56. The smallest absolute Gasteiger partial charge is 0.191 e. The maximum atomic E-state index is 5.63. The average Bonchev–Trinajstić information content (AvgIpc) is 2.74. The number of aryl methyl sites for hydroxylation is 2. The van der Waals surface area contributed by atoms with E-state index in [0.717, 1.165) is 61.3 Å². The van der Waals surface area contributed by atoms with E-state index in [1.165, 1.54) is 5.56 Å². The van der Waals surface area contributed by atoms with Gasteiger partial charge in [0.05, 0.1) is 13.2 Å². The highest BCUT2D eigenvalue weighted by Gasteiger charge is 2.21. The molecule has 1 aliphatic heterocycles. The predicted molar refractivity (Wildman–Crippen MR) is 125 cm³/mol. The van der Waals surface area contributed by atoms with Gasteiger partial charge >= 0.3 is 0 Å². The summed E-state index contributed by atoms with van der Waals surface area (Å²) in [7, 11) is 0. The Morgan fingerprint density at radius 2 is 1.97 bits per heavy atom. The Kier molecular flexibility index (Phi) is 7.94. The van der Waals surface area contributed by atoms with E-state index in [1.807, 2.05) is 26.0 Å². The molecule has 2 N–H and O–H groups in total. The molecule has 1 fully saturated rings. The highest BCUT2D eigenvalue weighted by Crippen LogP contribution is 2.20. The van der Waals surface area contributed by atoms with Gasteiger partial charge in [0.1, 0.15) is 11.6 Å². The first-order valence-electron chi connectivity index (χ1n) is 11.0. The summed E-state index contributed by atoms with van der Waals surface area (Å²) in [6.45, 7) is 12.4. The van der Waals surface area contributed by atoms with Crippen LogP contribution in [0.1, 0.15) is 43.5 Å².